The minimum atomic E-state index is 0. The van der Waals surface area contributed by atoms with Crippen molar-refractivity contribution < 1.29 is 14.2 Å². The van der Waals surface area contributed by atoms with E-state index in [1.54, 1.807) is 21.3 Å². The molecule has 2 N–H and O–H groups in total. The van der Waals surface area contributed by atoms with E-state index in [1.807, 2.05) is 18.2 Å². The fourth-order valence-electron chi connectivity index (χ4n) is 2.95. The van der Waals surface area contributed by atoms with Gasteiger partial charge in [-0.3, -0.25) is 4.90 Å². The van der Waals surface area contributed by atoms with Gasteiger partial charge in [0.2, 0.25) is 0 Å². The smallest absolute Gasteiger partial charge is 0.123 e. The summed E-state index contributed by atoms with van der Waals surface area (Å²) in [5.74, 6) is 1.74. The van der Waals surface area contributed by atoms with Crippen LogP contribution in [0.5, 0.6) is 11.5 Å². The van der Waals surface area contributed by atoms with Gasteiger partial charge in [0.15, 0.2) is 0 Å². The molecule has 5 nitrogen and oxygen atoms in total. The Kier molecular flexibility index (Phi) is 7.96. The SMILES string of the molecule is COc1ccc(OC)c(CN2CCC(OC)CC2CN)c1.Cl. The summed E-state index contributed by atoms with van der Waals surface area (Å²) in [6, 6.07) is 6.25. The van der Waals surface area contributed by atoms with Gasteiger partial charge in [0.05, 0.1) is 20.3 Å². The summed E-state index contributed by atoms with van der Waals surface area (Å²) < 4.78 is 16.2. The average molecular weight is 331 g/mol. The highest BCUT2D eigenvalue weighted by Gasteiger charge is 2.28. The zero-order chi connectivity index (χ0) is 15.2. The second kappa shape index (κ2) is 9.20. The molecule has 6 heteroatoms. The van der Waals surface area contributed by atoms with Crippen LogP contribution in [0.4, 0.5) is 0 Å². The molecule has 0 bridgehead atoms. The van der Waals surface area contributed by atoms with Crippen molar-refractivity contribution in [3.05, 3.63) is 23.8 Å². The van der Waals surface area contributed by atoms with Crippen LogP contribution in [0.1, 0.15) is 18.4 Å². The molecule has 2 rings (SSSR count). The van der Waals surface area contributed by atoms with E-state index in [0.29, 0.717) is 18.7 Å². The van der Waals surface area contributed by atoms with Crippen LogP contribution in [-0.4, -0.2) is 51.5 Å². The first-order chi connectivity index (χ1) is 10.2. The van der Waals surface area contributed by atoms with E-state index in [4.69, 9.17) is 19.9 Å². The number of nitrogens with two attached hydrogens (primary N) is 1. The molecule has 1 aromatic carbocycles. The van der Waals surface area contributed by atoms with Gasteiger partial charge in [0.1, 0.15) is 11.5 Å². The molecule has 1 aliphatic heterocycles. The highest BCUT2D eigenvalue weighted by atomic mass is 35.5. The van der Waals surface area contributed by atoms with Crippen molar-refractivity contribution in [3.63, 3.8) is 0 Å². The Bertz CT molecular complexity index is 459. The Morgan fingerprint density at radius 3 is 2.59 bits per heavy atom. The quantitative estimate of drug-likeness (QED) is 0.865. The van der Waals surface area contributed by atoms with Gasteiger partial charge < -0.3 is 19.9 Å². The van der Waals surface area contributed by atoms with Crippen molar-refractivity contribution in [2.45, 2.75) is 31.5 Å². The molecule has 2 atom stereocenters. The van der Waals surface area contributed by atoms with Crippen LogP contribution in [0, 0.1) is 0 Å². The number of hydrogen-bond acceptors (Lipinski definition) is 5. The summed E-state index contributed by atoms with van der Waals surface area (Å²) in [6.07, 6.45) is 2.35. The molecule has 0 aromatic heterocycles. The molecule has 1 saturated heterocycles. The largest absolute Gasteiger partial charge is 0.497 e. The second-order valence-electron chi connectivity index (χ2n) is 5.42. The fourth-order valence-corrected chi connectivity index (χ4v) is 2.95. The van der Waals surface area contributed by atoms with Gasteiger partial charge in [-0.05, 0) is 31.0 Å². The standard InChI is InChI=1S/C16H26N2O3.ClH/c1-19-14-4-5-16(21-3)12(8-14)11-18-7-6-15(20-2)9-13(18)10-17;/h4-5,8,13,15H,6-7,9-11,17H2,1-3H3;1H. The number of methoxy groups -OCH3 is 3. The third kappa shape index (κ3) is 4.49. The topological polar surface area (TPSA) is 57.0 Å². The fraction of sp³-hybridized carbons (Fsp3) is 0.625. The summed E-state index contributed by atoms with van der Waals surface area (Å²) >= 11 is 0. The van der Waals surface area contributed by atoms with Crippen LogP contribution >= 0.6 is 12.4 Å². The van der Waals surface area contributed by atoms with E-state index in [2.05, 4.69) is 4.90 Å². The van der Waals surface area contributed by atoms with Crippen molar-refractivity contribution in [2.24, 2.45) is 5.73 Å². The van der Waals surface area contributed by atoms with Crippen LogP contribution in [0.3, 0.4) is 0 Å². The van der Waals surface area contributed by atoms with Crippen LogP contribution in [-0.2, 0) is 11.3 Å². The van der Waals surface area contributed by atoms with Crippen LogP contribution in [0.2, 0.25) is 0 Å². The molecule has 2 unspecified atom stereocenters. The summed E-state index contributed by atoms with van der Waals surface area (Å²) in [5, 5.41) is 0. The molecule has 0 saturated carbocycles. The molecule has 22 heavy (non-hydrogen) atoms. The van der Waals surface area contributed by atoms with E-state index >= 15 is 0 Å². The summed E-state index contributed by atoms with van der Waals surface area (Å²) in [4.78, 5) is 2.41. The molecule has 1 aliphatic rings. The van der Waals surface area contributed by atoms with Crippen molar-refractivity contribution in [1.29, 1.82) is 0 Å². The number of hydrogen-bond donors (Lipinski definition) is 1. The lowest BCUT2D eigenvalue weighted by Gasteiger charge is -2.38. The molecular weight excluding hydrogens is 304 g/mol. The monoisotopic (exact) mass is 330 g/mol. The zero-order valence-corrected chi connectivity index (χ0v) is 14.4. The average Bonchev–Trinajstić information content (AvgIpc) is 2.55. The minimum Gasteiger partial charge on any atom is -0.497 e. The molecule has 1 heterocycles. The van der Waals surface area contributed by atoms with E-state index in [9.17, 15) is 0 Å². The predicted molar refractivity (Wildman–Crippen MR) is 90.1 cm³/mol. The first-order valence-corrected chi connectivity index (χ1v) is 7.39. The van der Waals surface area contributed by atoms with Gasteiger partial charge in [0, 0.05) is 38.3 Å². The number of nitrogens with zero attached hydrogens (tertiary/aromatic N) is 1. The molecule has 0 spiro atoms. The van der Waals surface area contributed by atoms with Crippen LogP contribution in [0.25, 0.3) is 0 Å². The van der Waals surface area contributed by atoms with Gasteiger partial charge in [-0.2, -0.15) is 0 Å². The van der Waals surface area contributed by atoms with Crippen molar-refractivity contribution >= 4 is 12.4 Å². The number of halogens is 1. The Morgan fingerprint density at radius 2 is 2.00 bits per heavy atom. The Labute approximate surface area is 139 Å². The first-order valence-electron chi connectivity index (χ1n) is 7.39. The number of ether oxygens (including phenoxy) is 3. The second-order valence-corrected chi connectivity index (χ2v) is 5.42. The van der Waals surface area contributed by atoms with E-state index < -0.39 is 0 Å². The Balaban J connectivity index is 0.00000242. The van der Waals surface area contributed by atoms with Crippen molar-refractivity contribution in [1.82, 2.24) is 4.90 Å². The molecule has 1 aromatic rings. The minimum absolute atomic E-state index is 0. The molecular formula is C16H27ClN2O3. The van der Waals surface area contributed by atoms with Gasteiger partial charge in [-0.15, -0.1) is 12.4 Å². The summed E-state index contributed by atoms with van der Waals surface area (Å²) in [6.45, 7) is 2.45. The summed E-state index contributed by atoms with van der Waals surface area (Å²) in [5.41, 5.74) is 7.07. The number of benzene rings is 1. The highest BCUT2D eigenvalue weighted by molar-refractivity contribution is 5.85. The molecule has 0 aliphatic carbocycles. The molecule has 126 valence electrons. The van der Waals surface area contributed by atoms with Crippen molar-refractivity contribution in [3.8, 4) is 11.5 Å². The van der Waals surface area contributed by atoms with Gasteiger partial charge in [-0.1, -0.05) is 0 Å². The summed E-state index contributed by atoms with van der Waals surface area (Å²) in [7, 11) is 5.15. The maximum Gasteiger partial charge on any atom is 0.123 e. The van der Waals surface area contributed by atoms with Crippen LogP contribution < -0.4 is 15.2 Å². The van der Waals surface area contributed by atoms with Crippen LogP contribution in [0.15, 0.2) is 18.2 Å². The maximum atomic E-state index is 5.94. The van der Waals surface area contributed by atoms with E-state index in [0.717, 1.165) is 43.0 Å². The molecule has 0 amide bonds. The maximum absolute atomic E-state index is 5.94. The zero-order valence-electron chi connectivity index (χ0n) is 13.6. The number of likely N-dealkylation sites (tertiary alicyclic amines) is 1. The number of rotatable bonds is 6. The molecule has 0 radical (unpaired) electrons. The lowest BCUT2D eigenvalue weighted by molar-refractivity contribution is 0.00998. The van der Waals surface area contributed by atoms with E-state index in [-0.39, 0.29) is 12.4 Å². The van der Waals surface area contributed by atoms with Gasteiger partial charge in [0.25, 0.3) is 0 Å². The molecule has 1 fully saturated rings. The predicted octanol–water partition coefficient (Wildman–Crippen LogP) is 2.06. The lowest BCUT2D eigenvalue weighted by Crippen LogP contribution is -2.48. The Hall–Kier alpha value is -1.01. The van der Waals surface area contributed by atoms with Gasteiger partial charge in [-0.25, -0.2) is 0 Å². The number of piperidine rings is 1. The normalized spacial score (nSPS) is 22.0. The van der Waals surface area contributed by atoms with Gasteiger partial charge >= 0.3 is 0 Å². The Morgan fingerprint density at radius 1 is 1.23 bits per heavy atom. The third-order valence-corrected chi connectivity index (χ3v) is 4.26. The van der Waals surface area contributed by atoms with Crippen molar-refractivity contribution in [2.75, 3.05) is 34.4 Å². The highest BCUT2D eigenvalue weighted by Crippen LogP contribution is 2.28. The lowest BCUT2D eigenvalue weighted by atomic mass is 9.98. The van der Waals surface area contributed by atoms with E-state index in [1.165, 1.54) is 0 Å². The first kappa shape index (κ1) is 19.0. The third-order valence-electron chi connectivity index (χ3n) is 4.26.